The lowest BCUT2D eigenvalue weighted by molar-refractivity contribution is -0.123. The van der Waals surface area contributed by atoms with Gasteiger partial charge in [0.2, 0.25) is 0 Å². The van der Waals surface area contributed by atoms with Crippen molar-refractivity contribution >= 4 is 5.78 Å². The molecule has 0 aromatic carbocycles. The highest BCUT2D eigenvalue weighted by Crippen LogP contribution is 2.31. The molecular formula is C11H17NO2. The molecule has 2 heterocycles. The third-order valence-corrected chi connectivity index (χ3v) is 3.53. The molecule has 0 aromatic rings. The van der Waals surface area contributed by atoms with Gasteiger partial charge in [-0.25, -0.2) is 0 Å². The third-order valence-electron chi connectivity index (χ3n) is 3.53. The van der Waals surface area contributed by atoms with Crippen molar-refractivity contribution in [1.82, 2.24) is 4.90 Å². The van der Waals surface area contributed by atoms with Gasteiger partial charge in [-0.3, -0.25) is 9.69 Å². The van der Waals surface area contributed by atoms with Crippen molar-refractivity contribution in [2.75, 3.05) is 19.6 Å². The number of Topliss-reactive ketones (excluding diaryl/α,β-unsaturated/α-hetero) is 1. The maximum Gasteiger partial charge on any atom is 0.149 e. The van der Waals surface area contributed by atoms with Crippen molar-refractivity contribution in [2.24, 2.45) is 5.92 Å². The quantitative estimate of drug-likeness (QED) is 0.668. The van der Waals surface area contributed by atoms with Gasteiger partial charge in [0.15, 0.2) is 0 Å². The van der Waals surface area contributed by atoms with Gasteiger partial charge < -0.3 is 4.74 Å². The van der Waals surface area contributed by atoms with E-state index >= 15 is 0 Å². The van der Waals surface area contributed by atoms with Gasteiger partial charge in [0.1, 0.15) is 5.78 Å². The molecule has 1 saturated carbocycles. The molecule has 0 amide bonds. The van der Waals surface area contributed by atoms with E-state index in [0.717, 1.165) is 25.9 Å². The molecule has 3 nitrogen and oxygen atoms in total. The van der Waals surface area contributed by atoms with Gasteiger partial charge in [0, 0.05) is 19.0 Å². The van der Waals surface area contributed by atoms with Crippen LogP contribution in [0, 0.1) is 5.92 Å². The summed E-state index contributed by atoms with van der Waals surface area (Å²) in [5.74, 6) is 0.877. The molecule has 1 aliphatic carbocycles. The Morgan fingerprint density at radius 1 is 1.14 bits per heavy atom. The minimum Gasteiger partial charge on any atom is -0.372 e. The van der Waals surface area contributed by atoms with Gasteiger partial charge in [0.05, 0.1) is 18.8 Å². The average Bonchev–Trinajstić information content (AvgIpc) is 2.94. The molecule has 2 atom stereocenters. The van der Waals surface area contributed by atoms with Crippen molar-refractivity contribution in [2.45, 2.75) is 37.9 Å². The number of likely N-dealkylation sites (tertiary alicyclic amines) is 1. The maximum atomic E-state index is 11.6. The first-order valence-corrected chi connectivity index (χ1v) is 5.72. The van der Waals surface area contributed by atoms with Crippen LogP contribution in [-0.2, 0) is 9.53 Å². The zero-order valence-electron chi connectivity index (χ0n) is 8.45. The van der Waals surface area contributed by atoms with Crippen molar-refractivity contribution in [3.8, 4) is 0 Å². The molecule has 0 aromatic heterocycles. The largest absolute Gasteiger partial charge is 0.372 e. The zero-order valence-corrected chi connectivity index (χ0v) is 8.45. The molecule has 0 spiro atoms. The van der Waals surface area contributed by atoms with Crippen LogP contribution in [0.2, 0.25) is 0 Å². The summed E-state index contributed by atoms with van der Waals surface area (Å²) >= 11 is 0. The van der Waals surface area contributed by atoms with E-state index in [1.807, 2.05) is 0 Å². The molecule has 3 heteroatoms. The summed E-state index contributed by atoms with van der Waals surface area (Å²) in [7, 11) is 0. The number of rotatable bonds is 3. The van der Waals surface area contributed by atoms with Gasteiger partial charge in [-0.15, -0.1) is 0 Å². The minimum atomic E-state index is 0.412. The predicted molar refractivity (Wildman–Crippen MR) is 52.1 cm³/mol. The molecule has 2 saturated heterocycles. The SMILES string of the molecule is O=C(CN1CC2CCC(C1)O2)C1CC1. The third kappa shape index (κ3) is 1.71. The molecule has 14 heavy (non-hydrogen) atoms. The highest BCUT2D eigenvalue weighted by atomic mass is 16.5. The predicted octanol–water partition coefficient (Wildman–Crippen LogP) is 0.829. The van der Waals surface area contributed by atoms with Crippen molar-refractivity contribution in [1.29, 1.82) is 0 Å². The number of morpholine rings is 1. The second-order valence-electron chi connectivity index (χ2n) is 4.89. The number of fused-ring (bicyclic) bond motifs is 2. The molecule has 0 radical (unpaired) electrons. The van der Waals surface area contributed by atoms with Crippen LogP contribution >= 0.6 is 0 Å². The van der Waals surface area contributed by atoms with E-state index in [1.165, 1.54) is 12.8 Å². The average molecular weight is 195 g/mol. The molecule has 3 rings (SSSR count). The first-order valence-electron chi connectivity index (χ1n) is 5.72. The van der Waals surface area contributed by atoms with Crippen molar-refractivity contribution in [3.63, 3.8) is 0 Å². The number of hydrogen-bond acceptors (Lipinski definition) is 3. The van der Waals surface area contributed by atoms with Gasteiger partial charge >= 0.3 is 0 Å². The zero-order chi connectivity index (χ0) is 9.54. The summed E-state index contributed by atoms with van der Waals surface area (Å²) in [6, 6.07) is 0. The summed E-state index contributed by atoms with van der Waals surface area (Å²) in [6.07, 6.45) is 5.49. The lowest BCUT2D eigenvalue weighted by atomic mass is 10.2. The number of nitrogens with zero attached hydrogens (tertiary/aromatic N) is 1. The van der Waals surface area contributed by atoms with Crippen LogP contribution in [0.3, 0.4) is 0 Å². The van der Waals surface area contributed by atoms with Crippen LogP contribution in [-0.4, -0.2) is 42.5 Å². The lowest BCUT2D eigenvalue weighted by Crippen LogP contribution is -2.45. The second-order valence-corrected chi connectivity index (χ2v) is 4.89. The van der Waals surface area contributed by atoms with E-state index in [-0.39, 0.29) is 0 Å². The Balaban J connectivity index is 1.55. The Morgan fingerprint density at radius 3 is 2.36 bits per heavy atom. The van der Waals surface area contributed by atoms with E-state index in [4.69, 9.17) is 4.74 Å². The summed E-state index contributed by atoms with van der Waals surface area (Å²) in [5, 5.41) is 0. The Morgan fingerprint density at radius 2 is 1.79 bits per heavy atom. The number of carbonyl (C=O) groups is 1. The fraction of sp³-hybridized carbons (Fsp3) is 0.909. The molecule has 2 bridgehead atoms. The van der Waals surface area contributed by atoms with Gasteiger partial charge in [-0.1, -0.05) is 0 Å². The Hall–Kier alpha value is -0.410. The first-order chi connectivity index (χ1) is 6.81. The molecule has 2 unspecified atom stereocenters. The standard InChI is InChI=1S/C11H17NO2/c13-11(8-1-2-8)7-12-5-9-3-4-10(6-12)14-9/h8-10H,1-7H2. The van der Waals surface area contributed by atoms with Crippen LogP contribution in [0.15, 0.2) is 0 Å². The maximum absolute atomic E-state index is 11.6. The van der Waals surface area contributed by atoms with E-state index in [0.29, 0.717) is 30.5 Å². The monoisotopic (exact) mass is 195 g/mol. The minimum absolute atomic E-state index is 0.412. The number of ketones is 1. The topological polar surface area (TPSA) is 29.5 Å². The fourth-order valence-corrected chi connectivity index (χ4v) is 2.58. The Kier molecular flexibility index (Phi) is 2.10. The summed E-state index contributed by atoms with van der Waals surface area (Å²) < 4.78 is 5.73. The highest BCUT2D eigenvalue weighted by Gasteiger charge is 2.36. The van der Waals surface area contributed by atoms with Gasteiger partial charge in [0.25, 0.3) is 0 Å². The second kappa shape index (κ2) is 3.31. The molecule has 78 valence electrons. The first kappa shape index (κ1) is 8.86. The normalized spacial score (nSPS) is 37.4. The molecule has 0 N–H and O–H groups in total. The number of ether oxygens (including phenoxy) is 1. The number of carbonyl (C=O) groups excluding carboxylic acids is 1. The van der Waals surface area contributed by atoms with E-state index < -0.39 is 0 Å². The smallest absolute Gasteiger partial charge is 0.149 e. The molecule has 3 aliphatic rings. The molecule has 2 aliphatic heterocycles. The van der Waals surface area contributed by atoms with E-state index in [1.54, 1.807) is 0 Å². The van der Waals surface area contributed by atoms with E-state index in [9.17, 15) is 4.79 Å². The Labute approximate surface area is 84.4 Å². The molecule has 3 fully saturated rings. The summed E-state index contributed by atoms with van der Waals surface area (Å²) in [6.45, 7) is 2.64. The van der Waals surface area contributed by atoms with Crippen molar-refractivity contribution in [3.05, 3.63) is 0 Å². The van der Waals surface area contributed by atoms with Crippen LogP contribution in [0.25, 0.3) is 0 Å². The van der Waals surface area contributed by atoms with Gasteiger partial charge in [-0.2, -0.15) is 0 Å². The fourth-order valence-electron chi connectivity index (χ4n) is 2.58. The van der Waals surface area contributed by atoms with Crippen LogP contribution in [0.1, 0.15) is 25.7 Å². The Bertz CT molecular complexity index is 238. The van der Waals surface area contributed by atoms with Crippen LogP contribution in [0.4, 0.5) is 0 Å². The highest BCUT2D eigenvalue weighted by molar-refractivity contribution is 5.85. The summed E-state index contributed by atoms with van der Waals surface area (Å²) in [5.41, 5.74) is 0. The van der Waals surface area contributed by atoms with Gasteiger partial charge in [-0.05, 0) is 25.7 Å². The van der Waals surface area contributed by atoms with E-state index in [2.05, 4.69) is 4.90 Å². The molecular weight excluding hydrogens is 178 g/mol. The number of hydrogen-bond donors (Lipinski definition) is 0. The lowest BCUT2D eigenvalue weighted by Gasteiger charge is -2.31. The summed E-state index contributed by atoms with van der Waals surface area (Å²) in [4.78, 5) is 13.9. The van der Waals surface area contributed by atoms with Crippen LogP contribution in [0.5, 0.6) is 0 Å². The van der Waals surface area contributed by atoms with Crippen molar-refractivity contribution < 1.29 is 9.53 Å². The van der Waals surface area contributed by atoms with Crippen LogP contribution < -0.4 is 0 Å².